The molecular formula is C30H32N2S6. The van der Waals surface area contributed by atoms with Gasteiger partial charge in [0, 0.05) is 38.3 Å². The van der Waals surface area contributed by atoms with Crippen LogP contribution in [0, 0.1) is 69.2 Å². The van der Waals surface area contributed by atoms with Crippen LogP contribution in [-0.2, 0) is 0 Å². The van der Waals surface area contributed by atoms with Crippen molar-refractivity contribution in [1.82, 2.24) is 9.97 Å². The van der Waals surface area contributed by atoms with Gasteiger partial charge in [-0.2, -0.15) is 0 Å². The molecule has 0 bridgehead atoms. The Labute approximate surface area is 248 Å². The number of thiophene rings is 4. The van der Waals surface area contributed by atoms with Gasteiger partial charge in [0.25, 0.3) is 0 Å². The first-order valence-electron chi connectivity index (χ1n) is 12.5. The number of nitrogens with zero attached hydrogens (tertiary/aromatic N) is 2. The van der Waals surface area contributed by atoms with Crippen LogP contribution >= 0.6 is 68.0 Å². The first kappa shape index (κ1) is 27.9. The highest BCUT2D eigenvalue weighted by Crippen LogP contribution is 2.41. The molecule has 6 heterocycles. The van der Waals surface area contributed by atoms with E-state index < -0.39 is 0 Å². The van der Waals surface area contributed by atoms with Gasteiger partial charge in [-0.05, 0) is 114 Å². The molecule has 0 aliphatic heterocycles. The fourth-order valence-corrected chi connectivity index (χ4v) is 11.2. The molecule has 0 fully saturated rings. The number of rotatable bonds is 0. The number of aromatic nitrogens is 2. The quantitative estimate of drug-likeness (QED) is 0.170. The van der Waals surface area contributed by atoms with Gasteiger partial charge in [-0.3, -0.25) is 0 Å². The van der Waals surface area contributed by atoms with Crippen LogP contribution in [0.15, 0.2) is 12.1 Å². The Balaban J connectivity index is 0.000000120. The lowest BCUT2D eigenvalue weighted by atomic mass is 10.0. The molecule has 0 N–H and O–H groups in total. The number of thiazole rings is 2. The Bertz CT molecular complexity index is 1710. The topological polar surface area (TPSA) is 25.8 Å². The lowest BCUT2D eigenvalue weighted by Gasteiger charge is -2.03. The summed E-state index contributed by atoms with van der Waals surface area (Å²) in [5, 5.41) is 5.12. The maximum atomic E-state index is 4.31. The molecule has 0 unspecified atom stereocenters. The van der Waals surface area contributed by atoms with Crippen molar-refractivity contribution in [2.24, 2.45) is 0 Å². The molecule has 0 spiro atoms. The summed E-state index contributed by atoms with van der Waals surface area (Å²) < 4.78 is 5.96. The summed E-state index contributed by atoms with van der Waals surface area (Å²) in [5.41, 5.74) is 5.88. The van der Waals surface area contributed by atoms with E-state index >= 15 is 0 Å². The molecule has 8 heteroatoms. The van der Waals surface area contributed by atoms with E-state index in [4.69, 9.17) is 0 Å². The average Bonchev–Trinajstić information content (AvgIpc) is 3.67. The van der Waals surface area contributed by atoms with E-state index in [9.17, 15) is 0 Å². The minimum atomic E-state index is 1.08. The van der Waals surface area contributed by atoms with Crippen LogP contribution in [-0.4, -0.2) is 9.97 Å². The lowest BCUT2D eigenvalue weighted by Crippen LogP contribution is -1.79. The second-order valence-corrected chi connectivity index (χ2v) is 17.1. The second-order valence-electron chi connectivity index (χ2n) is 9.75. The number of hydrogen-bond acceptors (Lipinski definition) is 8. The Morgan fingerprint density at radius 3 is 1.16 bits per heavy atom. The lowest BCUT2D eigenvalue weighted by molar-refractivity contribution is 1.35. The van der Waals surface area contributed by atoms with Crippen LogP contribution in [0.25, 0.3) is 39.2 Å². The third-order valence-corrected chi connectivity index (χ3v) is 13.8. The zero-order valence-electron chi connectivity index (χ0n) is 23.5. The van der Waals surface area contributed by atoms with Crippen molar-refractivity contribution in [3.8, 4) is 0 Å². The van der Waals surface area contributed by atoms with Crippen LogP contribution in [0.1, 0.15) is 51.8 Å². The summed E-state index contributed by atoms with van der Waals surface area (Å²) in [6, 6.07) is 4.66. The SMILES string of the molecule is Cc1cc2c(C)c3sc(C)cc3c(C)c2s1.Cc1nc2sc(C)nc2s1.Cc1sc2c(C)c(C)sc2c1C. The minimum absolute atomic E-state index is 1.08. The normalized spacial score (nSPS) is 11.4. The van der Waals surface area contributed by atoms with E-state index in [0.717, 1.165) is 19.7 Å². The summed E-state index contributed by atoms with van der Waals surface area (Å²) in [6.07, 6.45) is 0. The van der Waals surface area contributed by atoms with Crippen LogP contribution in [0.2, 0.25) is 0 Å². The minimum Gasteiger partial charge on any atom is -0.229 e. The summed E-state index contributed by atoms with van der Waals surface area (Å²) in [5.74, 6) is 0. The van der Waals surface area contributed by atoms with Crippen molar-refractivity contribution < 1.29 is 0 Å². The summed E-state index contributed by atoms with van der Waals surface area (Å²) in [6.45, 7) is 21.8. The molecule has 0 saturated carbocycles. The Kier molecular flexibility index (Phi) is 7.86. The predicted octanol–water partition coefficient (Wildman–Crippen LogP) is 11.9. The van der Waals surface area contributed by atoms with E-state index in [1.807, 2.05) is 59.2 Å². The largest absolute Gasteiger partial charge is 0.229 e. The van der Waals surface area contributed by atoms with Crippen LogP contribution in [0.5, 0.6) is 0 Å². The van der Waals surface area contributed by atoms with Crippen molar-refractivity contribution in [1.29, 1.82) is 0 Å². The molecule has 0 aliphatic rings. The van der Waals surface area contributed by atoms with E-state index in [1.54, 1.807) is 22.7 Å². The van der Waals surface area contributed by atoms with Gasteiger partial charge in [-0.1, -0.05) is 22.7 Å². The maximum absolute atomic E-state index is 4.31. The van der Waals surface area contributed by atoms with Crippen molar-refractivity contribution in [2.75, 3.05) is 0 Å². The molecule has 7 aromatic rings. The summed E-state index contributed by atoms with van der Waals surface area (Å²) in [4.78, 5) is 16.6. The monoisotopic (exact) mass is 612 g/mol. The van der Waals surface area contributed by atoms with Gasteiger partial charge in [0.05, 0.1) is 10.0 Å². The molecule has 6 aromatic heterocycles. The smallest absolute Gasteiger partial charge is 0.155 e. The van der Waals surface area contributed by atoms with Gasteiger partial charge in [0.15, 0.2) is 9.66 Å². The number of hydrogen-bond donors (Lipinski definition) is 0. The highest BCUT2D eigenvalue weighted by Gasteiger charge is 2.13. The molecule has 198 valence electrons. The Morgan fingerprint density at radius 1 is 0.421 bits per heavy atom. The molecule has 1 aromatic carbocycles. The fourth-order valence-electron chi connectivity index (χ4n) is 4.59. The summed E-state index contributed by atoms with van der Waals surface area (Å²) in [7, 11) is 0. The molecule has 0 amide bonds. The van der Waals surface area contributed by atoms with Crippen molar-refractivity contribution in [3.63, 3.8) is 0 Å². The van der Waals surface area contributed by atoms with Crippen molar-refractivity contribution in [2.45, 2.75) is 69.2 Å². The molecular weight excluding hydrogens is 581 g/mol. The van der Waals surface area contributed by atoms with Gasteiger partial charge in [-0.15, -0.1) is 45.3 Å². The molecule has 2 nitrogen and oxygen atoms in total. The first-order chi connectivity index (χ1) is 17.9. The highest BCUT2D eigenvalue weighted by atomic mass is 32.1. The van der Waals surface area contributed by atoms with Crippen LogP contribution in [0.3, 0.4) is 0 Å². The summed E-state index contributed by atoms with van der Waals surface area (Å²) >= 11 is 11.0. The van der Waals surface area contributed by atoms with E-state index in [0.29, 0.717) is 0 Å². The maximum Gasteiger partial charge on any atom is 0.155 e. The Hall–Kier alpha value is -1.68. The first-order valence-corrected chi connectivity index (χ1v) is 17.4. The van der Waals surface area contributed by atoms with E-state index in [-0.39, 0.29) is 0 Å². The van der Waals surface area contributed by atoms with Gasteiger partial charge in [0.1, 0.15) is 0 Å². The van der Waals surface area contributed by atoms with Crippen molar-refractivity contribution >= 4 is 107 Å². The van der Waals surface area contributed by atoms with E-state index in [2.05, 4.69) is 77.5 Å². The standard InChI is InChI=1S/C14H14S2.C10H12S2.C6H6N2S2/c1-7-5-11-9(3)14-12(6-8(2)16-14)10(4)13(11)15-7;1-5-7(3)11-10-6(2)8(4)12-9(5)10;1-3-7-5-6(9-3)8-4(2)10-5/h5-6H,1-4H3;1-4H3;1-2H3. The molecule has 0 saturated heterocycles. The molecule has 0 atom stereocenters. The predicted molar refractivity (Wildman–Crippen MR) is 180 cm³/mol. The van der Waals surface area contributed by atoms with Gasteiger partial charge < -0.3 is 0 Å². The number of benzene rings is 1. The third-order valence-electron chi connectivity index (χ3n) is 6.84. The highest BCUT2D eigenvalue weighted by molar-refractivity contribution is 7.28. The van der Waals surface area contributed by atoms with Gasteiger partial charge >= 0.3 is 0 Å². The molecule has 7 rings (SSSR count). The molecule has 0 radical (unpaired) electrons. The van der Waals surface area contributed by atoms with Gasteiger partial charge in [-0.25, -0.2) is 9.97 Å². The molecule has 38 heavy (non-hydrogen) atoms. The zero-order valence-corrected chi connectivity index (χ0v) is 28.4. The molecule has 0 aliphatic carbocycles. The van der Waals surface area contributed by atoms with Gasteiger partial charge in [0.2, 0.25) is 0 Å². The van der Waals surface area contributed by atoms with E-state index in [1.165, 1.54) is 71.3 Å². The number of aryl methyl sites for hydroxylation is 10. The third kappa shape index (κ3) is 5.11. The fraction of sp³-hybridized carbons (Fsp3) is 0.333. The zero-order chi connectivity index (χ0) is 27.5. The second kappa shape index (κ2) is 10.7. The van der Waals surface area contributed by atoms with Crippen LogP contribution < -0.4 is 0 Å². The van der Waals surface area contributed by atoms with Crippen molar-refractivity contribution in [3.05, 3.63) is 63.9 Å². The Morgan fingerprint density at radius 2 is 0.789 bits per heavy atom. The average molecular weight is 613 g/mol. The van der Waals surface area contributed by atoms with Crippen LogP contribution in [0.4, 0.5) is 0 Å². The number of fused-ring (bicyclic) bond motifs is 4.